The molecule has 4 rings (SSSR count). The highest BCUT2D eigenvalue weighted by atomic mass is 32.2. The summed E-state index contributed by atoms with van der Waals surface area (Å²) < 4.78 is 27.6. The molecule has 0 spiro atoms. The van der Waals surface area contributed by atoms with E-state index in [2.05, 4.69) is 55.8 Å². The van der Waals surface area contributed by atoms with Crippen LogP contribution in [-0.4, -0.2) is 61.0 Å². The Morgan fingerprint density at radius 1 is 1.27 bits per heavy atom. The molecule has 9 nitrogen and oxygen atoms in total. The van der Waals surface area contributed by atoms with Crippen LogP contribution >= 0.6 is 11.3 Å². The van der Waals surface area contributed by atoms with E-state index in [1.165, 1.54) is 16.9 Å². The second-order valence-corrected chi connectivity index (χ2v) is 9.96. The molecule has 1 aliphatic heterocycles. The smallest absolute Gasteiger partial charge is 0.290 e. The van der Waals surface area contributed by atoms with Crippen molar-refractivity contribution in [2.45, 2.75) is 31.0 Å². The number of aromatic nitrogens is 2. The second-order valence-electron chi connectivity index (χ2n) is 7.61. The van der Waals surface area contributed by atoms with Gasteiger partial charge in [-0.1, -0.05) is 30.3 Å². The van der Waals surface area contributed by atoms with Crippen molar-refractivity contribution in [3.05, 3.63) is 64.6 Å². The summed E-state index contributed by atoms with van der Waals surface area (Å²) in [6, 6.07) is 14.3. The maximum Gasteiger partial charge on any atom is 0.290 e. The fraction of sp³-hybridized carbons (Fsp3) is 0.318. The minimum Gasteiger partial charge on any atom is -0.483 e. The van der Waals surface area contributed by atoms with E-state index in [9.17, 15) is 8.42 Å². The molecule has 33 heavy (non-hydrogen) atoms. The van der Waals surface area contributed by atoms with Crippen LogP contribution in [0.3, 0.4) is 0 Å². The summed E-state index contributed by atoms with van der Waals surface area (Å²) in [6.45, 7) is 4.56. The predicted octanol–water partition coefficient (Wildman–Crippen LogP) is 3.06. The molecule has 3 heterocycles. The fourth-order valence-electron chi connectivity index (χ4n) is 3.82. The van der Waals surface area contributed by atoms with Crippen molar-refractivity contribution in [3.63, 3.8) is 0 Å². The van der Waals surface area contributed by atoms with Gasteiger partial charge in [-0.2, -0.15) is 8.42 Å². The van der Waals surface area contributed by atoms with Crippen molar-refractivity contribution in [1.29, 1.82) is 0 Å². The number of likely N-dealkylation sites (tertiary alicyclic amines) is 1. The van der Waals surface area contributed by atoms with Gasteiger partial charge in [0.05, 0.1) is 16.9 Å². The number of anilines is 2. The van der Waals surface area contributed by atoms with Gasteiger partial charge in [0.15, 0.2) is 10.8 Å². The molecule has 0 saturated carbocycles. The van der Waals surface area contributed by atoms with Crippen LogP contribution in [0.15, 0.2) is 58.4 Å². The summed E-state index contributed by atoms with van der Waals surface area (Å²) in [5, 5.41) is 8.54. The van der Waals surface area contributed by atoms with Gasteiger partial charge >= 0.3 is 0 Å². The molecule has 11 heteroatoms. The van der Waals surface area contributed by atoms with Crippen molar-refractivity contribution in [2.75, 3.05) is 29.8 Å². The highest BCUT2D eigenvalue weighted by molar-refractivity contribution is 7.92. The molecule has 1 atom stereocenters. The number of sulfonamides is 1. The lowest BCUT2D eigenvalue weighted by Crippen LogP contribution is -2.35. The number of pyridine rings is 1. The molecule has 0 amide bonds. The summed E-state index contributed by atoms with van der Waals surface area (Å²) in [7, 11) is -1.70. The molecular formula is C22H27N5O4S2. The summed E-state index contributed by atoms with van der Waals surface area (Å²) >= 11 is 1.33. The zero-order valence-corrected chi connectivity index (χ0v) is 20.1. The number of aryl methyl sites for hydroxylation is 1. The molecule has 3 aromatic rings. The van der Waals surface area contributed by atoms with E-state index in [0.29, 0.717) is 17.6 Å². The van der Waals surface area contributed by atoms with Crippen LogP contribution in [0, 0.1) is 6.92 Å². The fourth-order valence-corrected chi connectivity index (χ4v) is 5.37. The van der Waals surface area contributed by atoms with Crippen molar-refractivity contribution in [3.8, 4) is 0 Å². The third-order valence-corrected chi connectivity index (χ3v) is 7.25. The number of carbonyl (C=O) groups is 1. The quantitative estimate of drug-likeness (QED) is 0.487. The molecule has 1 aliphatic rings. The normalized spacial score (nSPS) is 16.0. The zero-order chi connectivity index (χ0) is 23.8. The van der Waals surface area contributed by atoms with Crippen molar-refractivity contribution in [1.82, 2.24) is 14.9 Å². The molecule has 176 valence electrons. The average molecular weight is 490 g/mol. The number of nitrogens with zero attached hydrogens (tertiary/aromatic N) is 4. The van der Waals surface area contributed by atoms with E-state index in [-0.39, 0.29) is 11.5 Å². The Balaban J connectivity index is 0.000000968. The van der Waals surface area contributed by atoms with Gasteiger partial charge in [-0.05, 0) is 31.0 Å². The first kappa shape index (κ1) is 24.6. The lowest BCUT2D eigenvalue weighted by atomic mass is 10.2. The van der Waals surface area contributed by atoms with Gasteiger partial charge in [-0.15, -0.1) is 11.3 Å². The topological polar surface area (TPSA) is 116 Å². The molecule has 2 aromatic heterocycles. The molecule has 2 N–H and O–H groups in total. The molecular weight excluding hydrogens is 462 g/mol. The number of nitrogens with one attached hydrogen (secondary N) is 1. The van der Waals surface area contributed by atoms with Gasteiger partial charge in [0, 0.05) is 38.1 Å². The number of hydrogen-bond donors (Lipinski definition) is 2. The Hall–Kier alpha value is -3.02. The molecule has 1 saturated heterocycles. The summed E-state index contributed by atoms with van der Waals surface area (Å²) in [5.74, 6) is 0.310. The van der Waals surface area contributed by atoms with Crippen LogP contribution in [0.4, 0.5) is 11.5 Å². The van der Waals surface area contributed by atoms with E-state index in [1.807, 2.05) is 19.1 Å². The van der Waals surface area contributed by atoms with E-state index in [4.69, 9.17) is 9.90 Å². The zero-order valence-electron chi connectivity index (χ0n) is 18.5. The Bertz CT molecular complexity index is 1140. The lowest BCUT2D eigenvalue weighted by molar-refractivity contribution is -0.122. The van der Waals surface area contributed by atoms with Gasteiger partial charge in [-0.25, -0.2) is 9.97 Å². The van der Waals surface area contributed by atoms with E-state index < -0.39 is 10.0 Å². The van der Waals surface area contributed by atoms with Gasteiger partial charge in [0.1, 0.15) is 0 Å². The Morgan fingerprint density at radius 3 is 2.64 bits per heavy atom. The molecule has 0 aliphatic carbocycles. The van der Waals surface area contributed by atoms with Gasteiger partial charge in [-0.3, -0.25) is 14.4 Å². The van der Waals surface area contributed by atoms with Gasteiger partial charge in [0.2, 0.25) is 0 Å². The summed E-state index contributed by atoms with van der Waals surface area (Å²) in [4.78, 5) is 21.4. The van der Waals surface area contributed by atoms with Crippen LogP contribution in [-0.2, 0) is 21.4 Å². The number of thiazole rings is 1. The highest BCUT2D eigenvalue weighted by Gasteiger charge is 2.27. The number of hydrogen-bond acceptors (Lipinski definition) is 8. The van der Waals surface area contributed by atoms with E-state index in [1.54, 1.807) is 17.0 Å². The third kappa shape index (κ3) is 6.50. The number of likely N-dealkylation sites (N-methyl/N-ethyl adjacent to an activating group) is 1. The Kier molecular flexibility index (Phi) is 8.37. The standard InChI is InChI=1S/C21H25N5O2S2.CH2O2/c1-16-19(8-9-21(23-16)30(27,28)24-20-14-29-15-22-20)25(2)18-10-11-26(13-18)12-17-6-4-3-5-7-17;2-1-3/h3-9,14-15,18,24H,10-13H2,1-2H3;1H,(H,2,3)/t18-;/m0./s1. The highest BCUT2D eigenvalue weighted by Crippen LogP contribution is 2.26. The number of benzene rings is 1. The minimum absolute atomic E-state index is 0.00211. The minimum atomic E-state index is -3.75. The van der Waals surface area contributed by atoms with E-state index >= 15 is 0 Å². The first-order valence-electron chi connectivity index (χ1n) is 10.3. The van der Waals surface area contributed by atoms with Crippen molar-refractivity contribution in [2.24, 2.45) is 0 Å². The van der Waals surface area contributed by atoms with E-state index in [0.717, 1.165) is 31.7 Å². The van der Waals surface area contributed by atoms with Crippen LogP contribution in [0.25, 0.3) is 0 Å². The summed E-state index contributed by atoms with van der Waals surface area (Å²) in [5.41, 5.74) is 4.55. The number of rotatable bonds is 7. The first-order valence-corrected chi connectivity index (χ1v) is 12.7. The Labute approximate surface area is 197 Å². The molecule has 0 radical (unpaired) electrons. The van der Waals surface area contributed by atoms with Crippen LogP contribution in [0.5, 0.6) is 0 Å². The SMILES string of the molecule is Cc1nc(S(=O)(=O)Nc2cscn2)ccc1N(C)[C@H]1CCN(Cc2ccccc2)C1.O=CO. The van der Waals surface area contributed by atoms with Gasteiger partial charge in [0.25, 0.3) is 16.5 Å². The summed E-state index contributed by atoms with van der Waals surface area (Å²) in [6.07, 6.45) is 1.06. The van der Waals surface area contributed by atoms with Crippen LogP contribution in [0.2, 0.25) is 0 Å². The lowest BCUT2D eigenvalue weighted by Gasteiger charge is -2.28. The molecule has 0 unspecified atom stereocenters. The monoisotopic (exact) mass is 489 g/mol. The maximum atomic E-state index is 12.6. The molecule has 1 fully saturated rings. The number of carboxylic acid groups (broad SMARTS) is 1. The van der Waals surface area contributed by atoms with Gasteiger partial charge < -0.3 is 10.0 Å². The van der Waals surface area contributed by atoms with Crippen molar-refractivity contribution >= 4 is 39.3 Å². The Morgan fingerprint density at radius 2 is 2.00 bits per heavy atom. The second kappa shape index (κ2) is 11.2. The van der Waals surface area contributed by atoms with Crippen molar-refractivity contribution < 1.29 is 18.3 Å². The van der Waals surface area contributed by atoms with Crippen LogP contribution < -0.4 is 9.62 Å². The first-order chi connectivity index (χ1) is 15.8. The maximum absolute atomic E-state index is 12.6. The molecule has 0 bridgehead atoms. The molecule has 1 aromatic carbocycles. The van der Waals surface area contributed by atoms with Crippen LogP contribution in [0.1, 0.15) is 17.7 Å². The predicted molar refractivity (Wildman–Crippen MR) is 129 cm³/mol. The third-order valence-electron chi connectivity index (χ3n) is 5.40. The average Bonchev–Trinajstić information content (AvgIpc) is 3.46. The largest absolute Gasteiger partial charge is 0.483 e.